The van der Waals surface area contributed by atoms with Crippen LogP contribution in [0.5, 0.6) is 0 Å². The highest BCUT2D eigenvalue weighted by atomic mass is 16.3. The van der Waals surface area contributed by atoms with Gasteiger partial charge >= 0.3 is 0 Å². The molecule has 1 aromatic rings. The van der Waals surface area contributed by atoms with Gasteiger partial charge in [-0.1, -0.05) is 30.3 Å². The summed E-state index contributed by atoms with van der Waals surface area (Å²) in [6.07, 6.45) is -0.0591. The van der Waals surface area contributed by atoms with Crippen LogP contribution in [0.3, 0.4) is 0 Å². The van der Waals surface area contributed by atoms with E-state index in [4.69, 9.17) is 5.26 Å². The van der Waals surface area contributed by atoms with Gasteiger partial charge in [0.2, 0.25) is 0 Å². The normalized spacial score (nSPS) is 14.2. The van der Waals surface area contributed by atoms with Crippen LogP contribution in [0.25, 0.3) is 0 Å². The number of rotatable bonds is 5. The van der Waals surface area contributed by atoms with Crippen molar-refractivity contribution >= 4 is 0 Å². The smallest absolute Gasteiger partial charge is 0.0940 e. The predicted octanol–water partition coefficient (Wildman–Crippen LogP) is 1.61. The van der Waals surface area contributed by atoms with Gasteiger partial charge in [-0.2, -0.15) is 5.26 Å². The number of aliphatic hydroxyl groups is 1. The fourth-order valence-electron chi connectivity index (χ4n) is 1.41. The van der Waals surface area contributed by atoms with Gasteiger partial charge in [0.05, 0.1) is 12.2 Å². The molecule has 0 aliphatic carbocycles. The third-order valence-corrected chi connectivity index (χ3v) is 2.32. The van der Waals surface area contributed by atoms with Crippen LogP contribution in [0.2, 0.25) is 0 Å². The Morgan fingerprint density at radius 2 is 2.07 bits per heavy atom. The molecule has 0 saturated carbocycles. The molecular weight excluding hydrogens is 188 g/mol. The van der Waals surface area contributed by atoms with Crippen LogP contribution in [-0.2, 0) is 0 Å². The first-order chi connectivity index (χ1) is 7.25. The summed E-state index contributed by atoms with van der Waals surface area (Å²) in [6, 6.07) is 11.5. The van der Waals surface area contributed by atoms with Crippen molar-refractivity contribution in [2.75, 3.05) is 6.54 Å². The number of nitriles is 1. The number of nitrogens with zero attached hydrogens (tertiary/aromatic N) is 1. The van der Waals surface area contributed by atoms with Gasteiger partial charge in [0.15, 0.2) is 0 Å². The van der Waals surface area contributed by atoms with Crippen LogP contribution in [0.4, 0.5) is 0 Å². The van der Waals surface area contributed by atoms with E-state index in [9.17, 15) is 5.11 Å². The zero-order valence-corrected chi connectivity index (χ0v) is 8.85. The molecule has 0 bridgehead atoms. The molecule has 3 heteroatoms. The molecule has 0 aliphatic rings. The molecule has 0 heterocycles. The molecular formula is C12H16N2O. The van der Waals surface area contributed by atoms with Crippen molar-refractivity contribution in [1.82, 2.24) is 5.32 Å². The van der Waals surface area contributed by atoms with Crippen molar-refractivity contribution in [1.29, 1.82) is 5.26 Å². The highest BCUT2D eigenvalue weighted by Crippen LogP contribution is 2.15. The topological polar surface area (TPSA) is 56.0 Å². The molecule has 0 aromatic heterocycles. The van der Waals surface area contributed by atoms with Crippen molar-refractivity contribution in [3.05, 3.63) is 35.9 Å². The molecule has 2 N–H and O–H groups in total. The first kappa shape index (κ1) is 11.7. The third-order valence-electron chi connectivity index (χ3n) is 2.32. The van der Waals surface area contributed by atoms with E-state index in [2.05, 4.69) is 11.4 Å². The molecule has 2 atom stereocenters. The van der Waals surface area contributed by atoms with E-state index in [1.54, 1.807) is 0 Å². The quantitative estimate of drug-likeness (QED) is 0.716. The van der Waals surface area contributed by atoms with Gasteiger partial charge in [-0.05, 0) is 12.5 Å². The summed E-state index contributed by atoms with van der Waals surface area (Å²) in [5.41, 5.74) is 0.898. The van der Waals surface area contributed by atoms with Crippen molar-refractivity contribution < 1.29 is 5.11 Å². The molecule has 2 unspecified atom stereocenters. The number of hydrogen-bond donors (Lipinski definition) is 2. The lowest BCUT2D eigenvalue weighted by Gasteiger charge is -2.19. The standard InChI is InChI=1S/C12H16N2O/c1-10(14-9-5-8-13)12(15)11-6-3-2-4-7-11/h2-4,6-7,10,12,14-15H,5,9H2,1H3. The van der Waals surface area contributed by atoms with Gasteiger partial charge in [-0.3, -0.25) is 0 Å². The molecule has 3 nitrogen and oxygen atoms in total. The Balaban J connectivity index is 2.46. The van der Waals surface area contributed by atoms with Gasteiger partial charge in [-0.15, -0.1) is 0 Å². The van der Waals surface area contributed by atoms with E-state index in [1.165, 1.54) is 0 Å². The first-order valence-electron chi connectivity index (χ1n) is 5.09. The van der Waals surface area contributed by atoms with Gasteiger partial charge in [-0.25, -0.2) is 0 Å². The summed E-state index contributed by atoms with van der Waals surface area (Å²) in [5, 5.41) is 21.4. The van der Waals surface area contributed by atoms with E-state index in [-0.39, 0.29) is 6.04 Å². The summed E-state index contributed by atoms with van der Waals surface area (Å²) in [4.78, 5) is 0. The Labute approximate surface area is 90.4 Å². The largest absolute Gasteiger partial charge is 0.387 e. The van der Waals surface area contributed by atoms with Gasteiger partial charge < -0.3 is 10.4 Å². The minimum Gasteiger partial charge on any atom is -0.387 e. The Hall–Kier alpha value is -1.37. The highest BCUT2D eigenvalue weighted by molar-refractivity contribution is 5.18. The molecule has 0 spiro atoms. The Morgan fingerprint density at radius 1 is 1.40 bits per heavy atom. The van der Waals surface area contributed by atoms with Crippen LogP contribution >= 0.6 is 0 Å². The van der Waals surface area contributed by atoms with Crippen molar-refractivity contribution in [3.63, 3.8) is 0 Å². The molecule has 0 aliphatic heterocycles. The fourth-order valence-corrected chi connectivity index (χ4v) is 1.41. The van der Waals surface area contributed by atoms with E-state index < -0.39 is 6.10 Å². The molecule has 0 fully saturated rings. The molecule has 80 valence electrons. The zero-order chi connectivity index (χ0) is 11.1. The molecule has 15 heavy (non-hydrogen) atoms. The van der Waals surface area contributed by atoms with Crippen molar-refractivity contribution in [3.8, 4) is 6.07 Å². The van der Waals surface area contributed by atoms with Crippen LogP contribution in [0.1, 0.15) is 25.0 Å². The summed E-state index contributed by atoms with van der Waals surface area (Å²) < 4.78 is 0. The molecule has 0 amide bonds. The number of nitrogens with one attached hydrogen (secondary N) is 1. The zero-order valence-electron chi connectivity index (χ0n) is 8.85. The summed E-state index contributed by atoms with van der Waals surface area (Å²) in [7, 11) is 0. The minimum absolute atomic E-state index is 0.0410. The first-order valence-corrected chi connectivity index (χ1v) is 5.09. The van der Waals surface area contributed by atoms with E-state index >= 15 is 0 Å². The van der Waals surface area contributed by atoms with Crippen LogP contribution in [0.15, 0.2) is 30.3 Å². The molecule has 1 aromatic carbocycles. The lowest BCUT2D eigenvalue weighted by atomic mass is 10.0. The maximum atomic E-state index is 9.94. The Morgan fingerprint density at radius 3 is 2.67 bits per heavy atom. The SMILES string of the molecule is CC(NCCC#N)C(O)c1ccccc1. The van der Waals surface area contributed by atoms with Crippen LogP contribution < -0.4 is 5.32 Å². The lowest BCUT2D eigenvalue weighted by Crippen LogP contribution is -2.32. The van der Waals surface area contributed by atoms with Gasteiger partial charge in [0, 0.05) is 19.0 Å². The third kappa shape index (κ3) is 3.70. The van der Waals surface area contributed by atoms with Crippen molar-refractivity contribution in [2.45, 2.75) is 25.5 Å². The summed E-state index contributed by atoms with van der Waals surface area (Å²) in [6.45, 7) is 2.52. The summed E-state index contributed by atoms with van der Waals surface area (Å²) in [5.74, 6) is 0. The van der Waals surface area contributed by atoms with Crippen molar-refractivity contribution in [2.24, 2.45) is 0 Å². The Kier molecular flexibility index (Phi) is 4.82. The minimum atomic E-state index is -0.523. The maximum absolute atomic E-state index is 9.94. The van der Waals surface area contributed by atoms with E-state index in [0.29, 0.717) is 13.0 Å². The average Bonchev–Trinajstić information content (AvgIpc) is 2.29. The summed E-state index contributed by atoms with van der Waals surface area (Å²) >= 11 is 0. The molecule has 0 saturated heterocycles. The highest BCUT2D eigenvalue weighted by Gasteiger charge is 2.14. The predicted molar refractivity (Wildman–Crippen MR) is 59.1 cm³/mol. The second-order valence-corrected chi connectivity index (χ2v) is 3.51. The second kappa shape index (κ2) is 6.18. The average molecular weight is 204 g/mol. The van der Waals surface area contributed by atoms with Gasteiger partial charge in [0.25, 0.3) is 0 Å². The van der Waals surface area contributed by atoms with Crippen LogP contribution in [-0.4, -0.2) is 17.7 Å². The van der Waals surface area contributed by atoms with E-state index in [1.807, 2.05) is 37.3 Å². The maximum Gasteiger partial charge on any atom is 0.0940 e. The Bertz CT molecular complexity index is 318. The van der Waals surface area contributed by atoms with Gasteiger partial charge in [0.1, 0.15) is 0 Å². The monoisotopic (exact) mass is 204 g/mol. The van der Waals surface area contributed by atoms with E-state index in [0.717, 1.165) is 5.56 Å². The second-order valence-electron chi connectivity index (χ2n) is 3.51. The molecule has 0 radical (unpaired) electrons. The molecule has 1 rings (SSSR count). The fraction of sp³-hybridized carbons (Fsp3) is 0.417. The number of benzene rings is 1. The number of hydrogen-bond acceptors (Lipinski definition) is 3. The lowest BCUT2D eigenvalue weighted by molar-refractivity contribution is 0.136. The van der Waals surface area contributed by atoms with Crippen LogP contribution in [0, 0.1) is 11.3 Å². The number of aliphatic hydroxyl groups excluding tert-OH is 1.